The van der Waals surface area contributed by atoms with Crippen LogP contribution in [0.3, 0.4) is 0 Å². The lowest BCUT2D eigenvalue weighted by molar-refractivity contribution is -0.384. The van der Waals surface area contributed by atoms with Gasteiger partial charge in [-0.2, -0.15) is 0 Å². The minimum Gasteiger partial charge on any atom is -0.495 e. The lowest BCUT2D eigenvalue weighted by Gasteiger charge is -2.10. The number of aryl methyl sites for hydroxylation is 2. The number of ether oxygens (including phenoxy) is 2. The summed E-state index contributed by atoms with van der Waals surface area (Å²) in [7, 11) is 1.39. The Morgan fingerprint density at radius 3 is 2.75 bits per heavy atom. The zero-order valence-electron chi connectivity index (χ0n) is 15.4. The number of carbonyl (C=O) groups excluding carboxylic acids is 2. The summed E-state index contributed by atoms with van der Waals surface area (Å²) in [6.45, 7) is -0.493. The number of benzene rings is 1. The Hall–Kier alpha value is -2.94. The Kier molecular flexibility index (Phi) is 6.25. The molecule has 0 bridgehead atoms. The van der Waals surface area contributed by atoms with Crippen LogP contribution in [0.5, 0.6) is 5.75 Å². The van der Waals surface area contributed by atoms with Gasteiger partial charge >= 0.3 is 5.97 Å². The number of amides is 1. The van der Waals surface area contributed by atoms with Gasteiger partial charge in [0.2, 0.25) is 0 Å². The number of nitro benzene ring substituents is 1. The second kappa shape index (κ2) is 8.83. The van der Waals surface area contributed by atoms with Crippen molar-refractivity contribution in [3.63, 3.8) is 0 Å². The van der Waals surface area contributed by atoms with Gasteiger partial charge in [0.25, 0.3) is 11.6 Å². The summed E-state index contributed by atoms with van der Waals surface area (Å²) in [5, 5.41) is 13.4. The van der Waals surface area contributed by atoms with E-state index in [1.54, 1.807) is 0 Å². The molecule has 1 aliphatic carbocycles. The number of rotatable bonds is 6. The van der Waals surface area contributed by atoms with Crippen molar-refractivity contribution < 1.29 is 24.0 Å². The average Bonchev–Trinajstić information content (AvgIpc) is 2.96. The maximum Gasteiger partial charge on any atom is 0.348 e. The zero-order chi connectivity index (χ0) is 20.1. The van der Waals surface area contributed by atoms with E-state index in [1.807, 2.05) is 6.07 Å². The molecule has 1 aromatic heterocycles. The van der Waals surface area contributed by atoms with Crippen LogP contribution in [0.1, 0.15) is 39.4 Å². The number of anilines is 1. The largest absolute Gasteiger partial charge is 0.495 e. The molecule has 28 heavy (non-hydrogen) atoms. The molecule has 148 valence electrons. The van der Waals surface area contributed by atoms with E-state index in [-0.39, 0.29) is 17.1 Å². The van der Waals surface area contributed by atoms with E-state index in [2.05, 4.69) is 5.32 Å². The third kappa shape index (κ3) is 4.66. The molecular weight excluding hydrogens is 384 g/mol. The molecule has 0 saturated heterocycles. The van der Waals surface area contributed by atoms with Gasteiger partial charge in [0.1, 0.15) is 10.6 Å². The lowest BCUT2D eigenvalue weighted by Crippen LogP contribution is -2.21. The predicted octanol–water partition coefficient (Wildman–Crippen LogP) is 3.73. The molecule has 0 aliphatic heterocycles. The zero-order valence-corrected chi connectivity index (χ0v) is 16.2. The van der Waals surface area contributed by atoms with Crippen molar-refractivity contribution in [3.8, 4) is 5.75 Å². The second-order valence-electron chi connectivity index (χ2n) is 6.39. The number of esters is 1. The number of hydrogen-bond acceptors (Lipinski definition) is 7. The number of nitrogens with one attached hydrogen (secondary N) is 1. The van der Waals surface area contributed by atoms with Gasteiger partial charge < -0.3 is 14.8 Å². The Labute approximate surface area is 165 Å². The second-order valence-corrected chi connectivity index (χ2v) is 7.52. The number of fused-ring (bicyclic) bond motifs is 1. The standard InChI is InChI=1S/C19H20N2O6S/c1-26-15-8-7-13(21(24)25)10-14(15)20-18(22)11-27-19(23)17-9-12-5-3-2-4-6-16(12)28-17/h7-10H,2-6,11H2,1H3,(H,20,22). The van der Waals surface area contributed by atoms with Crippen LogP contribution >= 0.6 is 11.3 Å². The third-order valence-electron chi connectivity index (χ3n) is 4.45. The van der Waals surface area contributed by atoms with Crippen LogP contribution in [0.2, 0.25) is 0 Å². The van der Waals surface area contributed by atoms with Crippen molar-refractivity contribution in [1.82, 2.24) is 0 Å². The topological polar surface area (TPSA) is 108 Å². The first-order valence-electron chi connectivity index (χ1n) is 8.89. The fraction of sp³-hybridized carbons (Fsp3) is 0.368. The number of non-ortho nitro benzene ring substituents is 1. The van der Waals surface area contributed by atoms with E-state index in [9.17, 15) is 19.7 Å². The number of nitrogens with zero attached hydrogens (tertiary/aromatic N) is 1. The third-order valence-corrected chi connectivity index (χ3v) is 5.67. The summed E-state index contributed by atoms with van der Waals surface area (Å²) in [4.78, 5) is 36.4. The predicted molar refractivity (Wildman–Crippen MR) is 104 cm³/mol. The van der Waals surface area contributed by atoms with Gasteiger partial charge in [-0.3, -0.25) is 14.9 Å². The molecule has 1 aliphatic rings. The van der Waals surface area contributed by atoms with E-state index < -0.39 is 23.4 Å². The van der Waals surface area contributed by atoms with Crippen LogP contribution < -0.4 is 10.1 Å². The summed E-state index contributed by atoms with van der Waals surface area (Å²) in [6.07, 6.45) is 5.37. The number of carbonyl (C=O) groups is 2. The highest BCUT2D eigenvalue weighted by molar-refractivity contribution is 7.14. The molecule has 2 aromatic rings. The number of hydrogen-bond donors (Lipinski definition) is 1. The first kappa shape index (κ1) is 19.8. The maximum atomic E-state index is 12.3. The molecule has 1 N–H and O–H groups in total. The summed E-state index contributed by atoms with van der Waals surface area (Å²) in [6, 6.07) is 5.71. The number of methoxy groups -OCH3 is 1. The first-order valence-corrected chi connectivity index (χ1v) is 9.70. The molecule has 8 nitrogen and oxygen atoms in total. The van der Waals surface area contributed by atoms with E-state index in [0.29, 0.717) is 4.88 Å². The van der Waals surface area contributed by atoms with Crippen LogP contribution in [-0.4, -0.2) is 30.5 Å². The van der Waals surface area contributed by atoms with Crippen molar-refractivity contribution >= 4 is 34.6 Å². The monoisotopic (exact) mass is 404 g/mol. The molecule has 0 saturated carbocycles. The Balaban J connectivity index is 1.61. The van der Waals surface area contributed by atoms with Crippen LogP contribution in [0.4, 0.5) is 11.4 Å². The minimum atomic E-state index is -0.606. The maximum absolute atomic E-state index is 12.3. The average molecular weight is 404 g/mol. The fourth-order valence-corrected chi connectivity index (χ4v) is 4.21. The molecule has 0 radical (unpaired) electrons. The van der Waals surface area contributed by atoms with Gasteiger partial charge in [-0.15, -0.1) is 11.3 Å². The lowest BCUT2D eigenvalue weighted by atomic mass is 10.1. The SMILES string of the molecule is COc1ccc([N+](=O)[O-])cc1NC(=O)COC(=O)c1cc2c(s1)CCCCC2. The van der Waals surface area contributed by atoms with Crippen molar-refractivity contribution in [2.45, 2.75) is 32.1 Å². The highest BCUT2D eigenvalue weighted by Gasteiger charge is 2.19. The van der Waals surface area contributed by atoms with Gasteiger partial charge in [0.05, 0.1) is 17.7 Å². The molecule has 1 aromatic carbocycles. The van der Waals surface area contributed by atoms with Crippen LogP contribution in [0.25, 0.3) is 0 Å². The molecule has 9 heteroatoms. The van der Waals surface area contributed by atoms with E-state index in [0.717, 1.165) is 25.7 Å². The van der Waals surface area contributed by atoms with Crippen molar-refractivity contribution in [3.05, 3.63) is 49.7 Å². The molecular formula is C19H20N2O6S. The van der Waals surface area contributed by atoms with Crippen LogP contribution in [0, 0.1) is 10.1 Å². The van der Waals surface area contributed by atoms with Crippen LogP contribution in [-0.2, 0) is 22.4 Å². The quantitative estimate of drug-likeness (QED) is 0.340. The van der Waals surface area contributed by atoms with Gasteiger partial charge in [0, 0.05) is 17.0 Å². The van der Waals surface area contributed by atoms with Crippen molar-refractivity contribution in [1.29, 1.82) is 0 Å². The number of nitro groups is 1. The summed E-state index contributed by atoms with van der Waals surface area (Å²) in [5.41, 5.74) is 1.15. The normalized spacial score (nSPS) is 13.2. The summed E-state index contributed by atoms with van der Waals surface area (Å²) < 4.78 is 10.2. The molecule has 0 unspecified atom stereocenters. The van der Waals surface area contributed by atoms with E-state index in [1.165, 1.54) is 53.5 Å². The highest BCUT2D eigenvalue weighted by atomic mass is 32.1. The number of thiophene rings is 1. The molecule has 0 fully saturated rings. The smallest absolute Gasteiger partial charge is 0.348 e. The molecule has 0 spiro atoms. The van der Waals surface area contributed by atoms with Gasteiger partial charge in [-0.1, -0.05) is 6.42 Å². The summed E-state index contributed by atoms with van der Waals surface area (Å²) >= 11 is 1.42. The van der Waals surface area contributed by atoms with E-state index >= 15 is 0 Å². The van der Waals surface area contributed by atoms with Crippen molar-refractivity contribution in [2.75, 3.05) is 19.0 Å². The fourth-order valence-electron chi connectivity index (χ4n) is 3.06. The Morgan fingerprint density at radius 1 is 1.21 bits per heavy atom. The van der Waals surface area contributed by atoms with Gasteiger partial charge in [-0.05, 0) is 43.4 Å². The highest BCUT2D eigenvalue weighted by Crippen LogP contribution is 2.30. The Morgan fingerprint density at radius 2 is 2.00 bits per heavy atom. The molecule has 0 atom stereocenters. The minimum absolute atomic E-state index is 0.139. The van der Waals surface area contributed by atoms with Gasteiger partial charge in [0.15, 0.2) is 6.61 Å². The molecule has 3 rings (SSSR count). The molecule has 1 amide bonds. The van der Waals surface area contributed by atoms with E-state index in [4.69, 9.17) is 9.47 Å². The van der Waals surface area contributed by atoms with Crippen molar-refractivity contribution in [2.24, 2.45) is 0 Å². The van der Waals surface area contributed by atoms with Gasteiger partial charge in [-0.25, -0.2) is 4.79 Å². The summed E-state index contributed by atoms with van der Waals surface area (Å²) in [5.74, 6) is -0.878. The first-order chi connectivity index (χ1) is 13.5. The Bertz CT molecular complexity index is 884. The molecule has 1 heterocycles. The van der Waals surface area contributed by atoms with Crippen LogP contribution in [0.15, 0.2) is 24.3 Å².